The molecule has 0 aliphatic rings. The maximum absolute atomic E-state index is 13.9. The Labute approximate surface area is 165 Å². The highest BCUT2D eigenvalue weighted by Gasteiger charge is 2.15. The number of carbonyl (C=O) groups is 1. The van der Waals surface area contributed by atoms with Crippen molar-refractivity contribution in [1.29, 1.82) is 0 Å². The van der Waals surface area contributed by atoms with Gasteiger partial charge in [-0.3, -0.25) is 9.20 Å². The maximum atomic E-state index is 13.9. The fraction of sp³-hybridized carbons (Fsp3) is 0.250. The van der Waals surface area contributed by atoms with Crippen molar-refractivity contribution in [1.82, 2.24) is 24.7 Å². The number of amides is 1. The third-order valence-corrected chi connectivity index (χ3v) is 4.38. The zero-order valence-electron chi connectivity index (χ0n) is 16.0. The van der Waals surface area contributed by atoms with Crippen molar-refractivity contribution in [3.63, 3.8) is 0 Å². The monoisotopic (exact) mass is 394 g/mol. The van der Waals surface area contributed by atoms with Gasteiger partial charge in [-0.15, -0.1) is 10.2 Å². The van der Waals surface area contributed by atoms with E-state index in [1.54, 1.807) is 34.9 Å². The van der Waals surface area contributed by atoms with Gasteiger partial charge >= 0.3 is 0 Å². The van der Waals surface area contributed by atoms with Crippen LogP contribution in [0.1, 0.15) is 30.6 Å². The highest BCUT2D eigenvalue weighted by molar-refractivity contribution is 5.92. The molecule has 4 rings (SSSR count). The molecule has 4 aromatic rings. The Morgan fingerprint density at radius 3 is 2.93 bits per heavy atom. The van der Waals surface area contributed by atoms with Crippen molar-refractivity contribution < 1.29 is 13.7 Å². The molecule has 0 saturated carbocycles. The molecular formula is C20H19FN6O2. The summed E-state index contributed by atoms with van der Waals surface area (Å²) in [5, 5.41) is 14.7. The molecule has 0 fully saturated rings. The number of pyridine rings is 1. The maximum Gasteiger partial charge on any atom is 0.259 e. The molecule has 0 radical (unpaired) electrons. The van der Waals surface area contributed by atoms with Gasteiger partial charge in [0.1, 0.15) is 11.6 Å². The molecule has 8 nitrogen and oxygen atoms in total. The van der Waals surface area contributed by atoms with Crippen molar-refractivity contribution in [2.24, 2.45) is 0 Å². The largest absolute Gasteiger partial charge is 0.334 e. The van der Waals surface area contributed by atoms with Crippen LogP contribution < -0.4 is 5.32 Å². The van der Waals surface area contributed by atoms with Crippen LogP contribution >= 0.6 is 0 Å². The zero-order chi connectivity index (χ0) is 20.4. The number of nitrogens with one attached hydrogen (secondary N) is 1. The lowest BCUT2D eigenvalue weighted by Gasteiger charge is -2.07. The van der Waals surface area contributed by atoms with Crippen LogP contribution in [-0.2, 0) is 17.6 Å². The Hall–Kier alpha value is -3.62. The van der Waals surface area contributed by atoms with Crippen LogP contribution in [0.3, 0.4) is 0 Å². The van der Waals surface area contributed by atoms with Gasteiger partial charge in [0.15, 0.2) is 11.5 Å². The summed E-state index contributed by atoms with van der Waals surface area (Å²) in [6.07, 6.45) is 3.33. The number of aryl methyl sites for hydroxylation is 2. The summed E-state index contributed by atoms with van der Waals surface area (Å²) in [7, 11) is 0. The van der Waals surface area contributed by atoms with E-state index in [0.29, 0.717) is 28.8 Å². The minimum absolute atomic E-state index is 0.0665. The molecular weight excluding hydrogens is 375 g/mol. The summed E-state index contributed by atoms with van der Waals surface area (Å²) in [6, 6.07) is 8.10. The molecule has 0 atom stereocenters. The van der Waals surface area contributed by atoms with Gasteiger partial charge in [-0.25, -0.2) is 4.39 Å². The van der Waals surface area contributed by atoms with Crippen molar-refractivity contribution >= 4 is 17.2 Å². The third kappa shape index (κ3) is 3.98. The van der Waals surface area contributed by atoms with Crippen LogP contribution in [0.2, 0.25) is 0 Å². The van der Waals surface area contributed by atoms with Crippen molar-refractivity contribution in [2.45, 2.75) is 33.1 Å². The molecule has 3 aromatic heterocycles. The first-order valence-electron chi connectivity index (χ1n) is 9.26. The van der Waals surface area contributed by atoms with E-state index >= 15 is 0 Å². The first kappa shape index (κ1) is 18.7. The van der Waals surface area contributed by atoms with Crippen LogP contribution in [0.4, 0.5) is 10.1 Å². The van der Waals surface area contributed by atoms with Gasteiger partial charge < -0.3 is 9.84 Å². The van der Waals surface area contributed by atoms with Crippen LogP contribution in [0.15, 0.2) is 41.1 Å². The molecule has 0 aliphatic heterocycles. The molecule has 0 bridgehead atoms. The van der Waals surface area contributed by atoms with Crippen LogP contribution in [0, 0.1) is 12.7 Å². The minimum atomic E-state index is -0.489. The Kier molecular flexibility index (Phi) is 5.03. The molecule has 3 heterocycles. The highest BCUT2D eigenvalue weighted by Crippen LogP contribution is 2.20. The van der Waals surface area contributed by atoms with Gasteiger partial charge in [0, 0.05) is 12.6 Å². The topological polar surface area (TPSA) is 98.2 Å². The van der Waals surface area contributed by atoms with Crippen molar-refractivity contribution in [2.75, 3.05) is 5.32 Å². The molecule has 0 saturated heterocycles. The molecule has 29 heavy (non-hydrogen) atoms. The molecule has 1 amide bonds. The second-order valence-corrected chi connectivity index (χ2v) is 6.74. The fourth-order valence-corrected chi connectivity index (χ4v) is 2.95. The van der Waals surface area contributed by atoms with E-state index in [2.05, 4.69) is 25.7 Å². The molecule has 0 aliphatic carbocycles. The van der Waals surface area contributed by atoms with E-state index in [4.69, 9.17) is 4.52 Å². The van der Waals surface area contributed by atoms with E-state index in [1.807, 2.05) is 13.8 Å². The van der Waals surface area contributed by atoms with Gasteiger partial charge in [0.25, 0.3) is 5.89 Å². The van der Waals surface area contributed by atoms with Gasteiger partial charge in [-0.1, -0.05) is 18.1 Å². The smallest absolute Gasteiger partial charge is 0.259 e. The zero-order valence-corrected chi connectivity index (χ0v) is 16.0. The van der Waals surface area contributed by atoms with Crippen LogP contribution in [0.25, 0.3) is 17.1 Å². The van der Waals surface area contributed by atoms with E-state index in [0.717, 1.165) is 18.4 Å². The number of nitrogens with zero attached hydrogens (tertiary/aromatic N) is 5. The number of anilines is 1. The first-order chi connectivity index (χ1) is 14.0. The molecule has 9 heteroatoms. The number of hydrogen-bond acceptors (Lipinski definition) is 6. The Morgan fingerprint density at radius 1 is 1.24 bits per heavy atom. The number of fused-ring (bicyclic) bond motifs is 1. The van der Waals surface area contributed by atoms with E-state index in [1.165, 1.54) is 6.07 Å². The molecule has 0 spiro atoms. The average Bonchev–Trinajstić information content (AvgIpc) is 3.32. The van der Waals surface area contributed by atoms with Gasteiger partial charge in [0.05, 0.1) is 17.7 Å². The Bertz CT molecular complexity index is 1180. The summed E-state index contributed by atoms with van der Waals surface area (Å²) in [5.74, 6) is 0.571. The lowest BCUT2D eigenvalue weighted by Crippen LogP contribution is -2.17. The lowest BCUT2D eigenvalue weighted by atomic mass is 10.2. The number of halogens is 1. The molecule has 0 unspecified atom stereocenters. The highest BCUT2D eigenvalue weighted by atomic mass is 19.1. The molecule has 1 aromatic carbocycles. The number of benzene rings is 1. The van der Waals surface area contributed by atoms with Crippen molar-refractivity contribution in [3.05, 3.63) is 59.6 Å². The second-order valence-electron chi connectivity index (χ2n) is 6.74. The van der Waals surface area contributed by atoms with E-state index in [-0.39, 0.29) is 12.1 Å². The lowest BCUT2D eigenvalue weighted by molar-refractivity contribution is -0.115. The Morgan fingerprint density at radius 2 is 2.10 bits per heavy atom. The normalized spacial score (nSPS) is 11.1. The second kappa shape index (κ2) is 7.78. The Balaban J connectivity index is 1.57. The summed E-state index contributed by atoms with van der Waals surface area (Å²) < 4.78 is 20.9. The van der Waals surface area contributed by atoms with Gasteiger partial charge in [0.2, 0.25) is 5.91 Å². The first-order valence-corrected chi connectivity index (χ1v) is 9.26. The number of rotatable bonds is 6. The van der Waals surface area contributed by atoms with E-state index < -0.39 is 11.7 Å². The number of hydrogen-bond donors (Lipinski definition) is 1. The summed E-state index contributed by atoms with van der Waals surface area (Å²) in [5.41, 5.74) is 2.25. The molecule has 1 N–H and O–H groups in total. The van der Waals surface area contributed by atoms with Gasteiger partial charge in [-0.2, -0.15) is 4.98 Å². The summed E-state index contributed by atoms with van der Waals surface area (Å²) in [4.78, 5) is 16.8. The molecule has 148 valence electrons. The predicted molar refractivity (Wildman–Crippen MR) is 104 cm³/mol. The number of aromatic nitrogens is 5. The standard InChI is InChI=1S/C20H19FN6O2/c1-3-4-16-23-20(29-26-16)13-6-8-17-24-25-18(27(17)11-13)10-19(28)22-15-9-12(2)5-7-14(15)21/h5-9,11H,3-4,10H2,1-2H3,(H,22,28). The third-order valence-electron chi connectivity index (χ3n) is 4.38. The van der Waals surface area contributed by atoms with Crippen LogP contribution in [0.5, 0.6) is 0 Å². The average molecular weight is 394 g/mol. The quantitative estimate of drug-likeness (QED) is 0.538. The number of carbonyl (C=O) groups excluding carboxylic acids is 1. The van der Waals surface area contributed by atoms with Gasteiger partial charge in [-0.05, 0) is 43.2 Å². The van der Waals surface area contributed by atoms with Crippen LogP contribution in [-0.4, -0.2) is 30.6 Å². The van der Waals surface area contributed by atoms with Crippen molar-refractivity contribution in [3.8, 4) is 11.5 Å². The summed E-state index contributed by atoms with van der Waals surface area (Å²) >= 11 is 0. The SMILES string of the molecule is CCCc1noc(-c2ccc3nnc(CC(=O)Nc4cc(C)ccc4F)n3c2)n1. The minimum Gasteiger partial charge on any atom is -0.334 e. The predicted octanol–water partition coefficient (Wildman–Crippen LogP) is 3.36. The summed E-state index contributed by atoms with van der Waals surface area (Å²) in [6.45, 7) is 3.87. The van der Waals surface area contributed by atoms with E-state index in [9.17, 15) is 9.18 Å². The fourth-order valence-electron chi connectivity index (χ4n) is 2.95.